The summed E-state index contributed by atoms with van der Waals surface area (Å²) in [7, 11) is 3.91. The summed E-state index contributed by atoms with van der Waals surface area (Å²) in [6.45, 7) is 12.8. The van der Waals surface area contributed by atoms with E-state index in [1.54, 1.807) is 7.05 Å². The highest BCUT2D eigenvalue weighted by atomic mass is 16.1. The number of carbonyl (C=O) groups excluding carboxylic acids is 1. The molecule has 21 heavy (non-hydrogen) atoms. The van der Waals surface area contributed by atoms with Gasteiger partial charge in [-0.3, -0.25) is 9.69 Å². The maximum Gasteiger partial charge on any atom is 0.233 e. The van der Waals surface area contributed by atoms with Gasteiger partial charge in [0, 0.05) is 39.8 Å². The second-order valence-electron chi connectivity index (χ2n) is 6.00. The fourth-order valence-electron chi connectivity index (χ4n) is 3.00. The largest absolute Gasteiger partial charge is 0.358 e. The van der Waals surface area contributed by atoms with Gasteiger partial charge in [0.25, 0.3) is 0 Å². The van der Waals surface area contributed by atoms with Crippen LogP contribution in [0.2, 0.25) is 0 Å². The number of hydrogen-bond acceptors (Lipinski definition) is 4. The molecule has 0 aliphatic carbocycles. The molecule has 0 atom stereocenters. The van der Waals surface area contributed by atoms with Crippen LogP contribution in [0.1, 0.15) is 26.7 Å². The number of likely N-dealkylation sites (tertiary alicyclic amines) is 1. The quantitative estimate of drug-likeness (QED) is 0.830. The number of nitrogens with zero attached hydrogens (tertiary/aromatic N) is 3. The van der Waals surface area contributed by atoms with Crippen molar-refractivity contribution >= 4 is 5.91 Å². The van der Waals surface area contributed by atoms with E-state index in [0.29, 0.717) is 6.54 Å². The van der Waals surface area contributed by atoms with Gasteiger partial charge in [-0.15, -0.1) is 0 Å². The Morgan fingerprint density at radius 1 is 1.00 bits per heavy atom. The number of piperazine rings is 1. The summed E-state index contributed by atoms with van der Waals surface area (Å²) in [5.74, 6) is 0.960. The predicted octanol–water partition coefficient (Wildman–Crippen LogP) is 0.718. The van der Waals surface area contributed by atoms with Gasteiger partial charge in [0.15, 0.2) is 0 Å². The van der Waals surface area contributed by atoms with Crippen LogP contribution in [0, 0.1) is 5.92 Å². The van der Waals surface area contributed by atoms with Gasteiger partial charge in [-0.25, -0.2) is 0 Å². The van der Waals surface area contributed by atoms with E-state index >= 15 is 0 Å². The Labute approximate surface area is 130 Å². The molecular weight excluding hydrogens is 264 g/mol. The van der Waals surface area contributed by atoms with Crippen molar-refractivity contribution in [3.63, 3.8) is 0 Å². The molecule has 2 aliphatic heterocycles. The predicted molar refractivity (Wildman–Crippen MR) is 88.5 cm³/mol. The topological polar surface area (TPSA) is 38.8 Å². The van der Waals surface area contributed by atoms with E-state index in [4.69, 9.17) is 0 Å². The molecule has 1 amide bonds. The molecule has 0 aromatic heterocycles. The summed E-state index contributed by atoms with van der Waals surface area (Å²) < 4.78 is 0. The zero-order chi connectivity index (χ0) is 15.7. The number of piperidine rings is 1. The Hall–Kier alpha value is -0.650. The molecule has 0 aromatic rings. The van der Waals surface area contributed by atoms with E-state index < -0.39 is 0 Å². The molecule has 0 radical (unpaired) electrons. The van der Waals surface area contributed by atoms with Crippen LogP contribution < -0.4 is 5.32 Å². The van der Waals surface area contributed by atoms with Gasteiger partial charge in [0.05, 0.1) is 6.54 Å². The molecular formula is C16H34N4O. The molecule has 1 N–H and O–H groups in total. The van der Waals surface area contributed by atoms with Gasteiger partial charge in [0.2, 0.25) is 5.91 Å². The minimum absolute atomic E-state index is 0.137. The molecule has 2 fully saturated rings. The highest BCUT2D eigenvalue weighted by Crippen LogP contribution is 2.18. The summed E-state index contributed by atoms with van der Waals surface area (Å²) in [5.41, 5.74) is 0. The Morgan fingerprint density at radius 2 is 1.57 bits per heavy atom. The number of hydrogen-bond donors (Lipinski definition) is 1. The zero-order valence-corrected chi connectivity index (χ0v) is 14.4. The number of rotatable bonds is 4. The first-order chi connectivity index (χ1) is 10.2. The maximum absolute atomic E-state index is 11.3. The van der Waals surface area contributed by atoms with Crippen LogP contribution in [0.3, 0.4) is 0 Å². The minimum atomic E-state index is 0.137. The summed E-state index contributed by atoms with van der Waals surface area (Å²) in [4.78, 5) is 18.6. The van der Waals surface area contributed by atoms with Crippen LogP contribution in [-0.2, 0) is 4.79 Å². The summed E-state index contributed by atoms with van der Waals surface area (Å²) in [6, 6.07) is 0. The van der Waals surface area contributed by atoms with Crippen molar-refractivity contribution in [1.29, 1.82) is 0 Å². The number of amides is 1. The highest BCUT2D eigenvalue weighted by Gasteiger charge is 2.23. The zero-order valence-electron chi connectivity index (χ0n) is 14.4. The van der Waals surface area contributed by atoms with Crippen LogP contribution in [0.15, 0.2) is 0 Å². The maximum atomic E-state index is 11.3. The van der Waals surface area contributed by atoms with E-state index in [2.05, 4.69) is 27.1 Å². The minimum Gasteiger partial charge on any atom is -0.358 e. The molecule has 2 rings (SSSR count). The Bertz CT molecular complexity index is 282. The Kier molecular flexibility index (Phi) is 8.88. The molecule has 2 aliphatic rings. The Morgan fingerprint density at radius 3 is 2.10 bits per heavy atom. The first-order valence-corrected chi connectivity index (χ1v) is 8.51. The number of likely N-dealkylation sites (N-methyl/N-ethyl adjacent to an activating group) is 2. The van der Waals surface area contributed by atoms with Gasteiger partial charge in [-0.1, -0.05) is 13.8 Å². The molecule has 0 spiro atoms. The van der Waals surface area contributed by atoms with E-state index in [9.17, 15) is 4.79 Å². The van der Waals surface area contributed by atoms with Crippen molar-refractivity contribution in [2.45, 2.75) is 26.7 Å². The molecule has 0 aromatic carbocycles. The van der Waals surface area contributed by atoms with Gasteiger partial charge in [0.1, 0.15) is 0 Å². The first-order valence-electron chi connectivity index (χ1n) is 8.51. The van der Waals surface area contributed by atoms with Crippen LogP contribution in [-0.4, -0.2) is 87.1 Å². The average molecular weight is 298 g/mol. The SMILES string of the molecule is CC.CNC(=O)CN1CCC(CN2CCN(C)CC2)CC1. The molecule has 124 valence electrons. The van der Waals surface area contributed by atoms with Crippen molar-refractivity contribution in [1.82, 2.24) is 20.0 Å². The molecule has 5 nitrogen and oxygen atoms in total. The normalized spacial score (nSPS) is 22.5. The second-order valence-corrected chi connectivity index (χ2v) is 6.00. The van der Waals surface area contributed by atoms with Crippen molar-refractivity contribution in [3.8, 4) is 0 Å². The van der Waals surface area contributed by atoms with Gasteiger partial charge < -0.3 is 15.1 Å². The van der Waals surface area contributed by atoms with Crippen LogP contribution in [0.25, 0.3) is 0 Å². The molecule has 5 heteroatoms. The van der Waals surface area contributed by atoms with E-state index in [1.165, 1.54) is 45.6 Å². The van der Waals surface area contributed by atoms with Crippen LogP contribution in [0.4, 0.5) is 0 Å². The van der Waals surface area contributed by atoms with Crippen molar-refractivity contribution in [2.75, 3.05) is 66.5 Å². The number of nitrogens with one attached hydrogen (secondary N) is 1. The first kappa shape index (κ1) is 18.4. The van der Waals surface area contributed by atoms with Crippen molar-refractivity contribution in [3.05, 3.63) is 0 Å². The number of carbonyl (C=O) groups is 1. The van der Waals surface area contributed by atoms with E-state index in [0.717, 1.165) is 19.0 Å². The van der Waals surface area contributed by atoms with Crippen molar-refractivity contribution in [2.24, 2.45) is 5.92 Å². The summed E-state index contributed by atoms with van der Waals surface area (Å²) in [6.07, 6.45) is 2.48. The third-order valence-corrected chi connectivity index (χ3v) is 4.47. The van der Waals surface area contributed by atoms with Crippen molar-refractivity contribution < 1.29 is 4.79 Å². The third kappa shape index (κ3) is 6.76. The van der Waals surface area contributed by atoms with Crippen LogP contribution in [0.5, 0.6) is 0 Å². The second kappa shape index (κ2) is 10.1. The lowest BCUT2D eigenvalue weighted by molar-refractivity contribution is -0.122. The van der Waals surface area contributed by atoms with Gasteiger partial charge >= 0.3 is 0 Å². The monoisotopic (exact) mass is 298 g/mol. The third-order valence-electron chi connectivity index (χ3n) is 4.47. The van der Waals surface area contributed by atoms with Gasteiger partial charge in [-0.05, 0) is 38.9 Å². The molecule has 0 bridgehead atoms. The lowest BCUT2D eigenvalue weighted by Gasteiger charge is -2.37. The molecule has 0 unspecified atom stereocenters. The molecule has 2 heterocycles. The lowest BCUT2D eigenvalue weighted by atomic mass is 9.96. The van der Waals surface area contributed by atoms with Crippen LogP contribution >= 0.6 is 0 Å². The van der Waals surface area contributed by atoms with Gasteiger partial charge in [-0.2, -0.15) is 0 Å². The fraction of sp³-hybridized carbons (Fsp3) is 0.938. The smallest absolute Gasteiger partial charge is 0.233 e. The fourth-order valence-corrected chi connectivity index (χ4v) is 3.00. The lowest BCUT2D eigenvalue weighted by Crippen LogP contribution is -2.48. The summed E-state index contributed by atoms with van der Waals surface area (Å²) >= 11 is 0. The summed E-state index contributed by atoms with van der Waals surface area (Å²) in [5, 5.41) is 2.70. The van der Waals surface area contributed by atoms with E-state index in [-0.39, 0.29) is 5.91 Å². The standard InChI is InChI=1S/C14H28N4O.C2H6/c1-15-14(19)12-17-5-3-13(4-6-17)11-18-9-7-16(2)8-10-18;1-2/h13H,3-12H2,1-2H3,(H,15,19);1-2H3. The molecule has 2 saturated heterocycles. The van der Waals surface area contributed by atoms with E-state index in [1.807, 2.05) is 13.8 Å². The highest BCUT2D eigenvalue weighted by molar-refractivity contribution is 5.77. The average Bonchev–Trinajstić information content (AvgIpc) is 2.53. The molecule has 0 saturated carbocycles. The Balaban J connectivity index is 0.00000106.